The Hall–Kier alpha value is -1.31. The van der Waals surface area contributed by atoms with E-state index < -0.39 is 0 Å². The van der Waals surface area contributed by atoms with E-state index in [2.05, 4.69) is 36.5 Å². The van der Waals surface area contributed by atoms with Gasteiger partial charge >= 0.3 is 0 Å². The van der Waals surface area contributed by atoms with Crippen LogP contribution in [0.3, 0.4) is 0 Å². The van der Waals surface area contributed by atoms with Crippen molar-refractivity contribution in [3.63, 3.8) is 0 Å². The van der Waals surface area contributed by atoms with Crippen molar-refractivity contribution in [3.8, 4) is 0 Å². The molecule has 0 unspecified atom stereocenters. The molecule has 0 fully saturated rings. The molecule has 0 aliphatic heterocycles. The Morgan fingerprint density at radius 1 is 1.23 bits per heavy atom. The van der Waals surface area contributed by atoms with E-state index in [9.17, 15) is 0 Å². The number of hydrogen-bond donors (Lipinski definition) is 1. The van der Waals surface area contributed by atoms with Crippen LogP contribution >= 0.6 is 0 Å². The van der Waals surface area contributed by atoms with Gasteiger partial charge in [-0.2, -0.15) is 5.10 Å². The Bertz CT molecular complexity index is 275. The molecule has 1 aromatic rings. The lowest BCUT2D eigenvalue weighted by molar-refractivity contribution is 0.620. The SMILES string of the molecule is C/C(=N\NC(C)C)c1ccccc1. The molecule has 0 amide bonds. The fourth-order valence-electron chi connectivity index (χ4n) is 0.970. The summed E-state index contributed by atoms with van der Waals surface area (Å²) in [5, 5.41) is 4.26. The monoisotopic (exact) mass is 176 g/mol. The van der Waals surface area contributed by atoms with E-state index in [0.717, 1.165) is 11.3 Å². The zero-order valence-electron chi connectivity index (χ0n) is 8.41. The number of hydrazone groups is 1. The Balaban J connectivity index is 2.68. The van der Waals surface area contributed by atoms with Gasteiger partial charge in [-0.05, 0) is 26.3 Å². The van der Waals surface area contributed by atoms with Crippen LogP contribution in [0, 0.1) is 0 Å². The molecule has 0 saturated carbocycles. The molecule has 0 aromatic heterocycles. The van der Waals surface area contributed by atoms with Crippen LogP contribution in [-0.4, -0.2) is 11.8 Å². The van der Waals surface area contributed by atoms with E-state index in [4.69, 9.17) is 0 Å². The Morgan fingerprint density at radius 3 is 2.38 bits per heavy atom. The molecule has 0 bridgehead atoms. The van der Waals surface area contributed by atoms with E-state index in [0.29, 0.717) is 6.04 Å². The normalized spacial score (nSPS) is 11.8. The van der Waals surface area contributed by atoms with E-state index >= 15 is 0 Å². The zero-order valence-corrected chi connectivity index (χ0v) is 8.41. The van der Waals surface area contributed by atoms with Crippen LogP contribution in [0.25, 0.3) is 0 Å². The second kappa shape index (κ2) is 4.65. The minimum absolute atomic E-state index is 0.388. The number of nitrogens with one attached hydrogen (secondary N) is 1. The number of hydrogen-bond acceptors (Lipinski definition) is 2. The molecule has 2 nitrogen and oxygen atoms in total. The molecular formula is C11H16N2. The van der Waals surface area contributed by atoms with E-state index in [-0.39, 0.29) is 0 Å². The van der Waals surface area contributed by atoms with Crippen LogP contribution < -0.4 is 5.43 Å². The summed E-state index contributed by atoms with van der Waals surface area (Å²) in [7, 11) is 0. The van der Waals surface area contributed by atoms with Gasteiger partial charge in [-0.3, -0.25) is 0 Å². The van der Waals surface area contributed by atoms with Crippen molar-refractivity contribution in [2.24, 2.45) is 5.10 Å². The lowest BCUT2D eigenvalue weighted by Crippen LogP contribution is -2.17. The molecule has 0 radical (unpaired) electrons. The summed E-state index contributed by atoms with van der Waals surface area (Å²) in [4.78, 5) is 0. The van der Waals surface area contributed by atoms with Crippen molar-refractivity contribution >= 4 is 5.71 Å². The third-order valence-electron chi connectivity index (χ3n) is 1.68. The molecule has 0 atom stereocenters. The fraction of sp³-hybridized carbons (Fsp3) is 0.364. The minimum Gasteiger partial charge on any atom is -0.307 e. The standard InChI is InChI=1S/C11H16N2/c1-9(2)12-13-10(3)11-7-5-4-6-8-11/h4-9,12H,1-3H3/b13-10+. The van der Waals surface area contributed by atoms with Gasteiger partial charge in [-0.1, -0.05) is 30.3 Å². The van der Waals surface area contributed by atoms with Crippen LogP contribution in [0.1, 0.15) is 26.3 Å². The van der Waals surface area contributed by atoms with Gasteiger partial charge in [0.05, 0.1) is 5.71 Å². The van der Waals surface area contributed by atoms with Crippen molar-refractivity contribution in [1.29, 1.82) is 0 Å². The third-order valence-corrected chi connectivity index (χ3v) is 1.68. The molecule has 0 spiro atoms. The first-order valence-electron chi connectivity index (χ1n) is 4.55. The van der Waals surface area contributed by atoms with Crippen molar-refractivity contribution in [1.82, 2.24) is 5.43 Å². The van der Waals surface area contributed by atoms with Gasteiger partial charge in [0.2, 0.25) is 0 Å². The third kappa shape index (κ3) is 3.28. The summed E-state index contributed by atoms with van der Waals surface area (Å²) < 4.78 is 0. The predicted octanol–water partition coefficient (Wildman–Crippen LogP) is 2.41. The highest BCUT2D eigenvalue weighted by atomic mass is 15.3. The van der Waals surface area contributed by atoms with Crippen molar-refractivity contribution in [2.75, 3.05) is 0 Å². The van der Waals surface area contributed by atoms with Gasteiger partial charge in [0.25, 0.3) is 0 Å². The second-order valence-corrected chi connectivity index (χ2v) is 3.35. The number of benzene rings is 1. The summed E-state index contributed by atoms with van der Waals surface area (Å²) in [6, 6.07) is 10.5. The smallest absolute Gasteiger partial charge is 0.0644 e. The summed E-state index contributed by atoms with van der Waals surface area (Å²) >= 11 is 0. The largest absolute Gasteiger partial charge is 0.307 e. The molecule has 0 aliphatic carbocycles. The first kappa shape index (κ1) is 9.78. The molecule has 0 heterocycles. The molecule has 0 aliphatic rings. The number of nitrogens with zero attached hydrogens (tertiary/aromatic N) is 1. The molecule has 1 aromatic carbocycles. The van der Waals surface area contributed by atoms with Crippen LogP contribution in [0.5, 0.6) is 0 Å². The van der Waals surface area contributed by atoms with Gasteiger partial charge in [0.15, 0.2) is 0 Å². The maximum absolute atomic E-state index is 4.26. The Kier molecular flexibility index (Phi) is 3.50. The molecule has 1 rings (SSSR count). The van der Waals surface area contributed by atoms with Gasteiger partial charge in [-0.25, -0.2) is 0 Å². The topological polar surface area (TPSA) is 24.4 Å². The average molecular weight is 176 g/mol. The quantitative estimate of drug-likeness (QED) is 0.555. The fourth-order valence-corrected chi connectivity index (χ4v) is 0.970. The molecular weight excluding hydrogens is 160 g/mol. The Labute approximate surface area is 79.7 Å². The van der Waals surface area contributed by atoms with E-state index in [1.165, 1.54) is 0 Å². The van der Waals surface area contributed by atoms with Crippen molar-refractivity contribution in [2.45, 2.75) is 26.8 Å². The van der Waals surface area contributed by atoms with Gasteiger partial charge in [0, 0.05) is 6.04 Å². The summed E-state index contributed by atoms with van der Waals surface area (Å²) in [5.41, 5.74) is 5.22. The average Bonchev–Trinajstić information content (AvgIpc) is 2.15. The van der Waals surface area contributed by atoms with Gasteiger partial charge < -0.3 is 5.43 Å². The maximum atomic E-state index is 4.26. The Morgan fingerprint density at radius 2 is 1.85 bits per heavy atom. The molecule has 2 heteroatoms. The number of rotatable bonds is 3. The highest BCUT2D eigenvalue weighted by Crippen LogP contribution is 1.99. The van der Waals surface area contributed by atoms with Crippen molar-refractivity contribution in [3.05, 3.63) is 35.9 Å². The highest BCUT2D eigenvalue weighted by Gasteiger charge is 1.95. The first-order valence-corrected chi connectivity index (χ1v) is 4.55. The van der Waals surface area contributed by atoms with Gasteiger partial charge in [0.1, 0.15) is 0 Å². The van der Waals surface area contributed by atoms with Crippen molar-refractivity contribution < 1.29 is 0 Å². The van der Waals surface area contributed by atoms with Crippen LogP contribution in [0.4, 0.5) is 0 Å². The zero-order chi connectivity index (χ0) is 9.68. The summed E-state index contributed by atoms with van der Waals surface area (Å²) in [6.45, 7) is 6.15. The second-order valence-electron chi connectivity index (χ2n) is 3.35. The molecule has 1 N–H and O–H groups in total. The predicted molar refractivity (Wildman–Crippen MR) is 56.9 cm³/mol. The van der Waals surface area contributed by atoms with E-state index in [1.807, 2.05) is 25.1 Å². The summed E-state index contributed by atoms with van der Waals surface area (Å²) in [6.07, 6.45) is 0. The lowest BCUT2D eigenvalue weighted by atomic mass is 10.1. The van der Waals surface area contributed by atoms with Crippen LogP contribution in [0.2, 0.25) is 0 Å². The molecule has 13 heavy (non-hydrogen) atoms. The molecule has 0 saturated heterocycles. The van der Waals surface area contributed by atoms with E-state index in [1.54, 1.807) is 0 Å². The minimum atomic E-state index is 0.388. The first-order chi connectivity index (χ1) is 6.20. The van der Waals surface area contributed by atoms with Gasteiger partial charge in [-0.15, -0.1) is 0 Å². The lowest BCUT2D eigenvalue weighted by Gasteiger charge is -2.05. The summed E-state index contributed by atoms with van der Waals surface area (Å²) in [5.74, 6) is 0. The molecule has 70 valence electrons. The van der Waals surface area contributed by atoms with Crippen LogP contribution in [0.15, 0.2) is 35.4 Å². The highest BCUT2D eigenvalue weighted by molar-refractivity contribution is 5.98. The van der Waals surface area contributed by atoms with Crippen LogP contribution in [-0.2, 0) is 0 Å². The maximum Gasteiger partial charge on any atom is 0.0644 e.